The Morgan fingerprint density at radius 3 is 2.44 bits per heavy atom. The molecule has 1 amide bonds. The van der Waals surface area contributed by atoms with Gasteiger partial charge in [0.2, 0.25) is 0 Å². The largest absolute Gasteiger partial charge is 0.284 e. The van der Waals surface area contributed by atoms with Gasteiger partial charge < -0.3 is 0 Å². The Labute approximate surface area is 144 Å². The number of fused-ring (bicyclic) bond motifs is 1. The van der Waals surface area contributed by atoms with Crippen LogP contribution in [0.25, 0.3) is 11.3 Å². The zero-order valence-electron chi connectivity index (χ0n) is 13.4. The summed E-state index contributed by atoms with van der Waals surface area (Å²) in [5.74, 6) is 5.59. The molecule has 1 unspecified atom stereocenters. The smallest absolute Gasteiger partial charge is 0.283 e. The van der Waals surface area contributed by atoms with Crippen LogP contribution in [-0.4, -0.2) is 15.7 Å². The fourth-order valence-corrected chi connectivity index (χ4v) is 3.01. The van der Waals surface area contributed by atoms with E-state index < -0.39 is 5.66 Å². The lowest BCUT2D eigenvalue weighted by atomic mass is 10.0. The number of hydrazine groups is 2. The molecule has 1 aliphatic rings. The minimum atomic E-state index is -0.873. The molecular weight excluding hydrogens is 316 g/mol. The van der Waals surface area contributed by atoms with E-state index in [1.54, 1.807) is 10.7 Å². The minimum Gasteiger partial charge on any atom is -0.284 e. The molecule has 2 heterocycles. The van der Waals surface area contributed by atoms with E-state index >= 15 is 0 Å². The van der Waals surface area contributed by atoms with Gasteiger partial charge in [0.1, 0.15) is 11.4 Å². The maximum absolute atomic E-state index is 12.5. The molecule has 1 aromatic heterocycles. The zero-order chi connectivity index (χ0) is 17.3. The fourth-order valence-electron chi connectivity index (χ4n) is 3.01. The molecule has 25 heavy (non-hydrogen) atoms. The van der Waals surface area contributed by atoms with Gasteiger partial charge in [0.05, 0.1) is 12.2 Å². The molecule has 0 fully saturated rings. The van der Waals surface area contributed by atoms with Crippen LogP contribution in [0.4, 0.5) is 0 Å². The van der Waals surface area contributed by atoms with Gasteiger partial charge in [0.15, 0.2) is 0 Å². The predicted molar refractivity (Wildman–Crippen MR) is 93.7 cm³/mol. The van der Waals surface area contributed by atoms with Crippen molar-refractivity contribution in [3.8, 4) is 11.3 Å². The molecule has 3 aromatic rings. The number of hydrogen-bond acceptors (Lipinski definition) is 5. The van der Waals surface area contributed by atoms with Crippen molar-refractivity contribution < 1.29 is 4.79 Å². The van der Waals surface area contributed by atoms with Crippen LogP contribution in [0.1, 0.15) is 16.1 Å². The number of rotatable bonds is 3. The summed E-state index contributed by atoms with van der Waals surface area (Å²) in [4.78, 5) is 12.5. The Bertz CT molecular complexity index is 892. The molecule has 2 aromatic carbocycles. The molecule has 0 spiro atoms. The number of nitrogens with one attached hydrogen (secondary N) is 3. The molecule has 0 saturated carbocycles. The summed E-state index contributed by atoms with van der Waals surface area (Å²) in [5.41, 5.74) is 10.7. The summed E-state index contributed by atoms with van der Waals surface area (Å²) in [5, 5.41) is 4.62. The van der Waals surface area contributed by atoms with E-state index in [9.17, 15) is 4.79 Å². The lowest BCUT2D eigenvalue weighted by Gasteiger charge is -2.32. The summed E-state index contributed by atoms with van der Waals surface area (Å²) in [6, 6.07) is 21.2. The maximum atomic E-state index is 12.5. The highest BCUT2D eigenvalue weighted by Gasteiger charge is 2.36. The number of aromatic nitrogens is 2. The van der Waals surface area contributed by atoms with Crippen LogP contribution in [0.5, 0.6) is 0 Å². The Hall–Kier alpha value is -3.00. The van der Waals surface area contributed by atoms with Gasteiger partial charge in [-0.1, -0.05) is 60.7 Å². The van der Waals surface area contributed by atoms with Crippen LogP contribution in [-0.2, 0) is 12.2 Å². The number of hydrogen-bond donors (Lipinski definition) is 4. The second-order valence-electron chi connectivity index (χ2n) is 5.93. The second kappa shape index (κ2) is 6.14. The highest BCUT2D eigenvalue weighted by Crippen LogP contribution is 2.25. The Kier molecular flexibility index (Phi) is 3.81. The van der Waals surface area contributed by atoms with E-state index in [2.05, 4.69) is 21.4 Å². The molecule has 7 heteroatoms. The molecule has 0 radical (unpaired) electrons. The summed E-state index contributed by atoms with van der Waals surface area (Å²) in [6.45, 7) is 0.342. The standard InChI is InChI=1S/C18H18N6O/c19-22-18(14-9-5-2-6-10-14)12-24-16(17(25)20-23-18)11-15(21-24)13-7-3-1-4-8-13/h1-11,22-23H,12,19H2,(H,20,25). The number of nitrogens with zero attached hydrogens (tertiary/aromatic N) is 2. The molecule has 1 atom stereocenters. The lowest BCUT2D eigenvalue weighted by Crippen LogP contribution is -2.62. The van der Waals surface area contributed by atoms with Gasteiger partial charge in [-0.15, -0.1) is 0 Å². The first-order chi connectivity index (χ1) is 12.2. The summed E-state index contributed by atoms with van der Waals surface area (Å²) in [7, 11) is 0. The van der Waals surface area contributed by atoms with Gasteiger partial charge in [-0.05, 0) is 11.6 Å². The molecule has 7 nitrogen and oxygen atoms in total. The first-order valence-electron chi connectivity index (χ1n) is 7.96. The van der Waals surface area contributed by atoms with E-state index in [-0.39, 0.29) is 5.91 Å². The Morgan fingerprint density at radius 2 is 1.76 bits per heavy atom. The van der Waals surface area contributed by atoms with Gasteiger partial charge in [0, 0.05) is 5.56 Å². The highest BCUT2D eigenvalue weighted by atomic mass is 16.2. The quantitative estimate of drug-likeness (QED) is 0.425. The number of benzene rings is 2. The summed E-state index contributed by atoms with van der Waals surface area (Å²) >= 11 is 0. The molecule has 0 bridgehead atoms. The van der Waals surface area contributed by atoms with Crippen LogP contribution in [0.2, 0.25) is 0 Å². The van der Waals surface area contributed by atoms with Crippen molar-refractivity contribution in [1.82, 2.24) is 26.1 Å². The van der Waals surface area contributed by atoms with E-state index in [0.717, 1.165) is 16.8 Å². The normalized spacial score (nSPS) is 19.8. The second-order valence-corrected chi connectivity index (χ2v) is 5.93. The molecule has 5 N–H and O–H groups in total. The summed E-state index contributed by atoms with van der Waals surface area (Å²) < 4.78 is 1.67. The van der Waals surface area contributed by atoms with Crippen LogP contribution in [0, 0.1) is 0 Å². The summed E-state index contributed by atoms with van der Waals surface area (Å²) in [6.07, 6.45) is 0. The lowest BCUT2D eigenvalue weighted by molar-refractivity contribution is 0.0901. The molecule has 4 rings (SSSR count). The number of carbonyl (C=O) groups is 1. The Balaban J connectivity index is 1.79. The van der Waals surface area contributed by atoms with E-state index in [0.29, 0.717) is 12.2 Å². The maximum Gasteiger partial charge on any atom is 0.283 e. The molecule has 1 aliphatic heterocycles. The topological polar surface area (TPSA) is 97.0 Å². The predicted octanol–water partition coefficient (Wildman–Crippen LogP) is 1.11. The number of amides is 1. The van der Waals surface area contributed by atoms with Crippen molar-refractivity contribution in [2.24, 2.45) is 5.84 Å². The van der Waals surface area contributed by atoms with Crippen LogP contribution >= 0.6 is 0 Å². The van der Waals surface area contributed by atoms with Gasteiger partial charge in [-0.25, -0.2) is 10.9 Å². The third-order valence-corrected chi connectivity index (χ3v) is 4.37. The minimum absolute atomic E-state index is 0.261. The number of nitrogens with two attached hydrogens (primary N) is 1. The van der Waals surface area contributed by atoms with Crippen LogP contribution in [0.3, 0.4) is 0 Å². The van der Waals surface area contributed by atoms with Crippen molar-refractivity contribution in [3.63, 3.8) is 0 Å². The molecule has 0 aliphatic carbocycles. The van der Waals surface area contributed by atoms with Crippen molar-refractivity contribution in [2.75, 3.05) is 0 Å². The van der Waals surface area contributed by atoms with Crippen molar-refractivity contribution in [2.45, 2.75) is 12.2 Å². The Morgan fingerprint density at radius 1 is 1.08 bits per heavy atom. The van der Waals surface area contributed by atoms with Gasteiger partial charge in [0.25, 0.3) is 5.91 Å². The SMILES string of the molecule is NNC1(c2ccccc2)Cn2nc(-c3ccccc3)cc2C(=O)NN1. The first kappa shape index (κ1) is 15.5. The molecular formula is C18H18N6O. The van der Waals surface area contributed by atoms with E-state index in [1.807, 2.05) is 60.7 Å². The molecule has 126 valence electrons. The van der Waals surface area contributed by atoms with Crippen molar-refractivity contribution in [1.29, 1.82) is 0 Å². The molecule has 0 saturated heterocycles. The van der Waals surface area contributed by atoms with Crippen molar-refractivity contribution in [3.05, 3.63) is 78.0 Å². The van der Waals surface area contributed by atoms with Crippen LogP contribution in [0.15, 0.2) is 66.7 Å². The van der Waals surface area contributed by atoms with Gasteiger partial charge >= 0.3 is 0 Å². The van der Waals surface area contributed by atoms with Gasteiger partial charge in [-0.2, -0.15) is 5.10 Å². The number of carbonyl (C=O) groups excluding carboxylic acids is 1. The first-order valence-corrected chi connectivity index (χ1v) is 7.96. The van der Waals surface area contributed by atoms with Crippen LogP contribution < -0.4 is 22.1 Å². The average Bonchev–Trinajstić information content (AvgIpc) is 3.04. The van der Waals surface area contributed by atoms with Gasteiger partial charge in [-0.3, -0.25) is 20.7 Å². The zero-order valence-corrected chi connectivity index (χ0v) is 13.4. The van der Waals surface area contributed by atoms with E-state index in [1.165, 1.54) is 0 Å². The third kappa shape index (κ3) is 2.70. The fraction of sp³-hybridized carbons (Fsp3) is 0.111. The average molecular weight is 334 g/mol. The third-order valence-electron chi connectivity index (χ3n) is 4.37. The monoisotopic (exact) mass is 334 g/mol. The highest BCUT2D eigenvalue weighted by molar-refractivity contribution is 5.93. The van der Waals surface area contributed by atoms with Crippen molar-refractivity contribution >= 4 is 5.91 Å². The van der Waals surface area contributed by atoms with E-state index in [4.69, 9.17) is 5.84 Å².